The van der Waals surface area contributed by atoms with Gasteiger partial charge in [-0.2, -0.15) is 0 Å². The summed E-state index contributed by atoms with van der Waals surface area (Å²) in [6.07, 6.45) is 0.383. The molecule has 1 amide bonds. The molecular formula is C23H21NO. The van der Waals surface area contributed by atoms with Gasteiger partial charge in [-0.1, -0.05) is 78.4 Å². The van der Waals surface area contributed by atoms with E-state index >= 15 is 0 Å². The van der Waals surface area contributed by atoms with Crippen LogP contribution in [0.5, 0.6) is 0 Å². The van der Waals surface area contributed by atoms with Crippen molar-refractivity contribution in [3.8, 4) is 0 Å². The molecule has 0 aromatic heterocycles. The van der Waals surface area contributed by atoms with Crippen molar-refractivity contribution in [1.82, 2.24) is 0 Å². The van der Waals surface area contributed by atoms with Crippen LogP contribution in [0.4, 0.5) is 5.69 Å². The number of hydrogen-bond donors (Lipinski definition) is 0. The van der Waals surface area contributed by atoms with Gasteiger partial charge in [0.2, 0.25) is 5.91 Å². The highest BCUT2D eigenvalue weighted by Crippen LogP contribution is 2.40. The first kappa shape index (κ1) is 14.5. The number of fused-ring (bicyclic) bond motifs is 1. The van der Waals surface area contributed by atoms with Gasteiger partial charge >= 0.3 is 0 Å². The van der Waals surface area contributed by atoms with E-state index in [9.17, 15) is 4.79 Å². The minimum Gasteiger partial charge on any atom is -0.307 e. The summed E-state index contributed by atoms with van der Waals surface area (Å²) in [5.74, 6) is -1.43. The van der Waals surface area contributed by atoms with Crippen LogP contribution in [0.1, 0.15) is 29.5 Å². The van der Waals surface area contributed by atoms with E-state index in [-0.39, 0.29) is 5.91 Å². The fourth-order valence-corrected chi connectivity index (χ4v) is 3.41. The summed E-state index contributed by atoms with van der Waals surface area (Å²) in [6.45, 7) is 2.50. The van der Waals surface area contributed by atoms with Gasteiger partial charge in [0.25, 0.3) is 0 Å². The lowest BCUT2D eigenvalue weighted by Gasteiger charge is -2.18. The topological polar surface area (TPSA) is 20.3 Å². The second kappa shape index (κ2) is 6.56. The van der Waals surface area contributed by atoms with Gasteiger partial charge in [-0.15, -0.1) is 0 Å². The highest BCUT2D eigenvalue weighted by Gasteiger charge is 2.37. The molecule has 1 unspecified atom stereocenters. The predicted octanol–water partition coefficient (Wildman–Crippen LogP) is 4.87. The summed E-state index contributed by atoms with van der Waals surface area (Å²) in [7, 11) is 0. The van der Waals surface area contributed by atoms with Crippen LogP contribution in [0.3, 0.4) is 0 Å². The summed E-state index contributed by atoms with van der Waals surface area (Å²) >= 11 is 0. The maximum atomic E-state index is 13.3. The van der Waals surface area contributed by atoms with Crippen molar-refractivity contribution in [2.24, 2.45) is 0 Å². The number of amides is 1. The maximum Gasteiger partial charge on any atom is 0.235 e. The summed E-state index contributed by atoms with van der Waals surface area (Å²) in [6, 6.07) is 25.8. The van der Waals surface area contributed by atoms with E-state index in [0.717, 1.165) is 27.9 Å². The van der Waals surface area contributed by atoms with Crippen LogP contribution in [-0.4, -0.2) is 5.91 Å². The quantitative estimate of drug-likeness (QED) is 0.669. The van der Waals surface area contributed by atoms with Crippen LogP contribution >= 0.6 is 0 Å². The zero-order valence-corrected chi connectivity index (χ0v) is 14.3. The van der Waals surface area contributed by atoms with Crippen LogP contribution in [-0.2, 0) is 17.8 Å². The molecule has 0 saturated carbocycles. The second-order valence-electron chi connectivity index (χ2n) is 6.54. The van der Waals surface area contributed by atoms with E-state index in [1.807, 2.05) is 85.8 Å². The SMILES string of the molecule is [2H]C1(Cc2ccccc2)C(=O)N(Cc2ccccc2)c2ccc(C)cc21. The number of carbonyl (C=O) groups excluding carboxylic acids is 1. The van der Waals surface area contributed by atoms with E-state index in [1.165, 1.54) is 0 Å². The first-order valence-corrected chi connectivity index (χ1v) is 8.59. The normalized spacial score (nSPS) is 19.6. The highest BCUT2D eigenvalue weighted by molar-refractivity contribution is 6.05. The molecule has 0 N–H and O–H groups in total. The molecule has 25 heavy (non-hydrogen) atoms. The average Bonchev–Trinajstić information content (AvgIpc) is 2.85. The molecule has 1 atom stereocenters. The Morgan fingerprint density at radius 2 is 1.56 bits per heavy atom. The molecule has 0 radical (unpaired) electrons. The Bertz CT molecular complexity index is 939. The monoisotopic (exact) mass is 328 g/mol. The van der Waals surface area contributed by atoms with Gasteiger partial charge in [-0.25, -0.2) is 0 Å². The molecule has 0 aliphatic carbocycles. The van der Waals surface area contributed by atoms with Gasteiger partial charge in [-0.3, -0.25) is 4.79 Å². The summed E-state index contributed by atoms with van der Waals surface area (Å²) in [4.78, 5) is 15.1. The van der Waals surface area contributed by atoms with E-state index in [0.29, 0.717) is 13.0 Å². The lowest BCUT2D eigenvalue weighted by atomic mass is 9.92. The van der Waals surface area contributed by atoms with Crippen LogP contribution in [0.2, 0.25) is 0 Å². The highest BCUT2D eigenvalue weighted by atomic mass is 16.2. The van der Waals surface area contributed by atoms with Crippen molar-refractivity contribution < 1.29 is 6.17 Å². The minimum atomic E-state index is -1.28. The summed E-state index contributed by atoms with van der Waals surface area (Å²) < 4.78 is 9.11. The standard InChI is InChI=1S/C23H21NO/c1-17-12-13-22-20(14-17)21(15-18-8-4-2-5-9-18)23(25)24(22)16-19-10-6-3-7-11-19/h2-14,21H,15-16H2,1H3/i21D. The number of anilines is 1. The number of benzene rings is 3. The Morgan fingerprint density at radius 3 is 2.24 bits per heavy atom. The maximum absolute atomic E-state index is 13.3. The third-order valence-corrected chi connectivity index (χ3v) is 4.68. The zero-order valence-electron chi connectivity index (χ0n) is 15.3. The van der Waals surface area contributed by atoms with Crippen LogP contribution in [0.25, 0.3) is 0 Å². The van der Waals surface area contributed by atoms with Crippen molar-refractivity contribution >= 4 is 11.6 Å². The van der Waals surface area contributed by atoms with Crippen LogP contribution < -0.4 is 4.90 Å². The number of carbonyl (C=O) groups is 1. The average molecular weight is 328 g/mol. The first-order chi connectivity index (χ1) is 12.6. The lowest BCUT2D eigenvalue weighted by Crippen LogP contribution is -2.28. The van der Waals surface area contributed by atoms with Gasteiger partial charge in [0, 0.05) is 7.06 Å². The molecule has 3 aromatic carbocycles. The third kappa shape index (κ3) is 3.08. The van der Waals surface area contributed by atoms with Crippen molar-refractivity contribution in [2.75, 3.05) is 4.90 Å². The molecular weight excluding hydrogens is 306 g/mol. The molecule has 1 heterocycles. The molecule has 0 spiro atoms. The van der Waals surface area contributed by atoms with Crippen molar-refractivity contribution in [2.45, 2.75) is 25.8 Å². The molecule has 1 aliphatic heterocycles. The summed E-state index contributed by atoms with van der Waals surface area (Å²) in [5.41, 5.74) is 4.81. The van der Waals surface area contributed by atoms with Gasteiger partial charge in [0.1, 0.15) is 0 Å². The lowest BCUT2D eigenvalue weighted by molar-refractivity contribution is -0.119. The Balaban J connectivity index is 1.76. The Morgan fingerprint density at radius 1 is 0.920 bits per heavy atom. The second-order valence-corrected chi connectivity index (χ2v) is 6.54. The fraction of sp³-hybridized carbons (Fsp3) is 0.174. The molecule has 0 bridgehead atoms. The molecule has 124 valence electrons. The number of aryl methyl sites for hydroxylation is 1. The zero-order chi connectivity index (χ0) is 18.1. The number of hydrogen-bond acceptors (Lipinski definition) is 1. The van der Waals surface area contributed by atoms with Gasteiger partial charge in [0.15, 0.2) is 0 Å². The Labute approximate surface area is 150 Å². The molecule has 4 rings (SSSR count). The van der Waals surface area contributed by atoms with E-state index in [2.05, 4.69) is 0 Å². The van der Waals surface area contributed by atoms with E-state index in [4.69, 9.17) is 1.37 Å². The van der Waals surface area contributed by atoms with E-state index in [1.54, 1.807) is 4.90 Å². The first-order valence-electron chi connectivity index (χ1n) is 9.09. The molecule has 2 nitrogen and oxygen atoms in total. The van der Waals surface area contributed by atoms with Crippen LogP contribution in [0, 0.1) is 6.92 Å². The minimum absolute atomic E-state index is 0.147. The van der Waals surface area contributed by atoms with Crippen molar-refractivity contribution in [1.29, 1.82) is 0 Å². The molecule has 0 saturated heterocycles. The van der Waals surface area contributed by atoms with E-state index < -0.39 is 5.89 Å². The Kier molecular flexibility index (Phi) is 3.80. The van der Waals surface area contributed by atoms with Crippen molar-refractivity contribution in [3.63, 3.8) is 0 Å². The van der Waals surface area contributed by atoms with Gasteiger partial charge in [-0.05, 0) is 36.1 Å². The largest absolute Gasteiger partial charge is 0.307 e. The fourth-order valence-electron chi connectivity index (χ4n) is 3.41. The predicted molar refractivity (Wildman–Crippen MR) is 102 cm³/mol. The number of nitrogens with zero attached hydrogens (tertiary/aromatic N) is 1. The van der Waals surface area contributed by atoms with Gasteiger partial charge in [0.05, 0.1) is 12.4 Å². The number of rotatable bonds is 4. The molecule has 2 heteroatoms. The third-order valence-electron chi connectivity index (χ3n) is 4.68. The molecule has 1 aliphatic rings. The summed E-state index contributed by atoms with van der Waals surface area (Å²) in [5, 5.41) is 0. The molecule has 0 fully saturated rings. The van der Waals surface area contributed by atoms with Crippen LogP contribution in [0.15, 0.2) is 78.9 Å². The Hall–Kier alpha value is -2.87. The molecule has 3 aromatic rings. The smallest absolute Gasteiger partial charge is 0.235 e. The van der Waals surface area contributed by atoms with Gasteiger partial charge < -0.3 is 4.90 Å². The van der Waals surface area contributed by atoms with Crippen molar-refractivity contribution in [3.05, 3.63) is 101 Å².